The minimum Gasteiger partial charge on any atom is -0.0890 e. The summed E-state index contributed by atoms with van der Waals surface area (Å²) >= 11 is 0. The Morgan fingerprint density at radius 1 is 0.550 bits per heavy atom. The number of benzene rings is 3. The number of aryl methyl sites for hydroxylation is 1. The topological polar surface area (TPSA) is 0 Å². The van der Waals surface area contributed by atoms with Gasteiger partial charge in [0.05, 0.1) is 0 Å². The highest BCUT2D eigenvalue weighted by atomic mass is 14.1. The van der Waals surface area contributed by atoms with E-state index in [1.807, 2.05) is 18.2 Å². The summed E-state index contributed by atoms with van der Waals surface area (Å²) in [5.74, 6) is 0. The molecule has 0 nitrogen and oxygen atoms in total. The van der Waals surface area contributed by atoms with Crippen LogP contribution in [0.15, 0.2) is 72.8 Å². The zero-order valence-corrected chi connectivity index (χ0v) is 11.5. The highest BCUT2D eigenvalue weighted by molar-refractivity contribution is 6.36. The van der Waals surface area contributed by atoms with Gasteiger partial charge < -0.3 is 0 Å². The first-order valence-electron chi connectivity index (χ1n) is 6.77. The maximum Gasteiger partial charge on any atom is 0.114 e. The molecule has 0 spiro atoms. The molecule has 2 radical (unpaired) electrons. The molecule has 1 heteroatoms. The zero-order valence-electron chi connectivity index (χ0n) is 11.5. The van der Waals surface area contributed by atoms with E-state index >= 15 is 0 Å². The van der Waals surface area contributed by atoms with Crippen molar-refractivity contribution in [2.24, 2.45) is 0 Å². The van der Waals surface area contributed by atoms with E-state index < -0.39 is 0 Å². The molecule has 0 unspecified atom stereocenters. The van der Waals surface area contributed by atoms with Crippen LogP contribution in [-0.4, -0.2) is 7.85 Å². The summed E-state index contributed by atoms with van der Waals surface area (Å²) in [5, 5.41) is 0. The predicted octanol–water partition coefficient (Wildman–Crippen LogP) is 4.12. The molecular weight excluding hydrogens is 239 g/mol. The molecule has 0 aliphatic rings. The van der Waals surface area contributed by atoms with E-state index in [1.165, 1.54) is 22.3 Å². The minimum atomic E-state index is 0.813. The van der Waals surface area contributed by atoms with E-state index in [0.717, 1.165) is 11.0 Å². The Kier molecular flexibility index (Phi) is 3.43. The molecular formula is C19H15B. The van der Waals surface area contributed by atoms with Crippen LogP contribution in [0, 0.1) is 6.92 Å². The monoisotopic (exact) mass is 254 g/mol. The van der Waals surface area contributed by atoms with E-state index in [-0.39, 0.29) is 0 Å². The highest BCUT2D eigenvalue weighted by Gasteiger charge is 2.09. The van der Waals surface area contributed by atoms with Gasteiger partial charge in [-0.2, -0.15) is 0 Å². The molecule has 3 rings (SSSR count). The number of hydrogen-bond acceptors (Lipinski definition) is 0. The van der Waals surface area contributed by atoms with Crippen LogP contribution in [0.2, 0.25) is 0 Å². The van der Waals surface area contributed by atoms with Gasteiger partial charge in [0.25, 0.3) is 0 Å². The van der Waals surface area contributed by atoms with Crippen molar-refractivity contribution in [1.82, 2.24) is 0 Å². The second-order valence-electron chi connectivity index (χ2n) is 4.95. The summed E-state index contributed by atoms with van der Waals surface area (Å²) in [7, 11) is 6.14. The maximum atomic E-state index is 6.14. The van der Waals surface area contributed by atoms with Crippen molar-refractivity contribution < 1.29 is 0 Å². The first kappa shape index (κ1) is 12.7. The molecule has 0 amide bonds. The van der Waals surface area contributed by atoms with Crippen molar-refractivity contribution in [2.75, 3.05) is 0 Å². The first-order chi connectivity index (χ1) is 9.77. The Labute approximate surface area is 121 Å². The summed E-state index contributed by atoms with van der Waals surface area (Å²) in [6.45, 7) is 2.14. The lowest BCUT2D eigenvalue weighted by Gasteiger charge is -2.14. The number of hydrogen-bond donors (Lipinski definition) is 0. The second kappa shape index (κ2) is 5.38. The highest BCUT2D eigenvalue weighted by Crippen LogP contribution is 2.32. The summed E-state index contributed by atoms with van der Waals surface area (Å²) in [6.07, 6.45) is 0. The van der Waals surface area contributed by atoms with Gasteiger partial charge in [0.1, 0.15) is 7.85 Å². The third-order valence-electron chi connectivity index (χ3n) is 3.61. The van der Waals surface area contributed by atoms with E-state index in [2.05, 4.69) is 61.5 Å². The van der Waals surface area contributed by atoms with Gasteiger partial charge in [-0.05, 0) is 34.7 Å². The summed E-state index contributed by atoms with van der Waals surface area (Å²) in [6, 6.07) is 24.9. The maximum absolute atomic E-state index is 6.14. The molecule has 0 aliphatic carbocycles. The van der Waals surface area contributed by atoms with Crippen molar-refractivity contribution in [1.29, 1.82) is 0 Å². The fraction of sp³-hybridized carbons (Fsp3) is 0.0526. The standard InChI is InChI=1S/C19H15B/c1-14-8-2-3-9-15(14)16-10-4-5-11-17(16)18-12-6-7-13-19(18)20/h2-13H,1H3. The third kappa shape index (κ3) is 2.27. The molecule has 0 aromatic heterocycles. The molecule has 0 saturated carbocycles. The minimum absolute atomic E-state index is 0.813. The third-order valence-corrected chi connectivity index (χ3v) is 3.61. The van der Waals surface area contributed by atoms with Gasteiger partial charge in [0.15, 0.2) is 0 Å². The SMILES string of the molecule is [B]c1ccccc1-c1ccccc1-c1ccccc1C. The van der Waals surface area contributed by atoms with Gasteiger partial charge in [-0.3, -0.25) is 0 Å². The zero-order chi connectivity index (χ0) is 13.9. The van der Waals surface area contributed by atoms with Crippen LogP contribution in [0.25, 0.3) is 22.3 Å². The van der Waals surface area contributed by atoms with Gasteiger partial charge in [0, 0.05) is 0 Å². The van der Waals surface area contributed by atoms with Crippen LogP contribution in [0.4, 0.5) is 0 Å². The fourth-order valence-corrected chi connectivity index (χ4v) is 2.57. The van der Waals surface area contributed by atoms with Gasteiger partial charge in [-0.25, -0.2) is 0 Å². The molecule has 0 heterocycles. The van der Waals surface area contributed by atoms with E-state index in [9.17, 15) is 0 Å². The van der Waals surface area contributed by atoms with Crippen LogP contribution in [0.1, 0.15) is 5.56 Å². The van der Waals surface area contributed by atoms with E-state index in [4.69, 9.17) is 7.85 Å². The summed E-state index contributed by atoms with van der Waals surface area (Å²) in [5.41, 5.74) is 6.84. The first-order valence-corrected chi connectivity index (χ1v) is 6.77. The largest absolute Gasteiger partial charge is 0.114 e. The molecule has 0 N–H and O–H groups in total. The Hall–Kier alpha value is -2.28. The lowest BCUT2D eigenvalue weighted by atomic mass is 9.84. The molecule has 0 bridgehead atoms. The van der Waals surface area contributed by atoms with Crippen molar-refractivity contribution in [3.63, 3.8) is 0 Å². The quantitative estimate of drug-likeness (QED) is 0.603. The molecule has 0 atom stereocenters. The van der Waals surface area contributed by atoms with Crippen molar-refractivity contribution >= 4 is 13.3 Å². The molecule has 20 heavy (non-hydrogen) atoms. The van der Waals surface area contributed by atoms with E-state index in [0.29, 0.717) is 0 Å². The Morgan fingerprint density at radius 3 is 1.60 bits per heavy atom. The summed E-state index contributed by atoms with van der Waals surface area (Å²) in [4.78, 5) is 0. The van der Waals surface area contributed by atoms with Crippen molar-refractivity contribution in [3.05, 3.63) is 78.4 Å². The summed E-state index contributed by atoms with van der Waals surface area (Å²) < 4.78 is 0. The van der Waals surface area contributed by atoms with Gasteiger partial charge in [-0.1, -0.05) is 78.3 Å². The molecule has 3 aromatic rings. The average molecular weight is 254 g/mol. The van der Waals surface area contributed by atoms with Crippen LogP contribution >= 0.6 is 0 Å². The number of rotatable bonds is 2. The molecule has 94 valence electrons. The normalized spacial score (nSPS) is 10.4. The molecule has 0 saturated heterocycles. The van der Waals surface area contributed by atoms with Crippen molar-refractivity contribution in [3.8, 4) is 22.3 Å². The van der Waals surface area contributed by atoms with Gasteiger partial charge >= 0.3 is 0 Å². The Balaban J connectivity index is 2.25. The Bertz CT molecular complexity index is 680. The van der Waals surface area contributed by atoms with Gasteiger partial charge in [0.2, 0.25) is 0 Å². The molecule has 3 aromatic carbocycles. The van der Waals surface area contributed by atoms with Crippen LogP contribution in [0.5, 0.6) is 0 Å². The lowest BCUT2D eigenvalue weighted by Crippen LogP contribution is -2.06. The molecule has 0 aliphatic heterocycles. The Morgan fingerprint density at radius 2 is 1.00 bits per heavy atom. The van der Waals surface area contributed by atoms with Crippen LogP contribution < -0.4 is 5.46 Å². The van der Waals surface area contributed by atoms with Crippen LogP contribution in [-0.2, 0) is 0 Å². The smallest absolute Gasteiger partial charge is 0.0890 e. The second-order valence-corrected chi connectivity index (χ2v) is 4.95. The lowest BCUT2D eigenvalue weighted by molar-refractivity contribution is 1.46. The van der Waals surface area contributed by atoms with Gasteiger partial charge in [-0.15, -0.1) is 0 Å². The fourth-order valence-electron chi connectivity index (χ4n) is 2.57. The van der Waals surface area contributed by atoms with E-state index in [1.54, 1.807) is 0 Å². The predicted molar refractivity (Wildman–Crippen MR) is 87.4 cm³/mol. The van der Waals surface area contributed by atoms with Crippen molar-refractivity contribution in [2.45, 2.75) is 6.92 Å². The van der Waals surface area contributed by atoms with Crippen LogP contribution in [0.3, 0.4) is 0 Å². The molecule has 0 fully saturated rings. The average Bonchev–Trinajstić information content (AvgIpc) is 2.48.